The lowest BCUT2D eigenvalue weighted by Crippen LogP contribution is -2.35. The standard InChI is InChI=1S/C25H22FN3O/c1-29-17-16-27-24(29)23(20-14-8-9-15-21(20)26)28-25(30)22(18-10-4-2-5-11-18)19-12-6-3-7-13-19/h2-17,22-23H,1H3,(H,28,30). The summed E-state index contributed by atoms with van der Waals surface area (Å²) in [5, 5.41) is 3.05. The topological polar surface area (TPSA) is 46.9 Å². The van der Waals surface area contributed by atoms with Crippen LogP contribution in [0.15, 0.2) is 97.3 Å². The van der Waals surface area contributed by atoms with Crippen molar-refractivity contribution in [3.05, 3.63) is 126 Å². The van der Waals surface area contributed by atoms with Crippen molar-refractivity contribution in [3.8, 4) is 0 Å². The number of carbonyl (C=O) groups excluding carboxylic acids is 1. The molecule has 0 radical (unpaired) electrons. The van der Waals surface area contributed by atoms with E-state index in [1.165, 1.54) is 6.07 Å². The van der Waals surface area contributed by atoms with Gasteiger partial charge in [0.15, 0.2) is 0 Å². The molecule has 5 heteroatoms. The molecule has 1 N–H and O–H groups in total. The lowest BCUT2D eigenvalue weighted by atomic mass is 9.90. The Labute approximate surface area is 175 Å². The van der Waals surface area contributed by atoms with Crippen LogP contribution in [-0.4, -0.2) is 15.5 Å². The average Bonchev–Trinajstić information content (AvgIpc) is 3.20. The third kappa shape index (κ3) is 4.01. The highest BCUT2D eigenvalue weighted by Gasteiger charge is 2.29. The molecule has 0 aliphatic carbocycles. The van der Waals surface area contributed by atoms with E-state index in [0.29, 0.717) is 11.4 Å². The molecule has 1 unspecified atom stereocenters. The van der Waals surface area contributed by atoms with Crippen molar-refractivity contribution in [2.24, 2.45) is 7.05 Å². The summed E-state index contributed by atoms with van der Waals surface area (Å²) in [5.41, 5.74) is 2.11. The van der Waals surface area contributed by atoms with Gasteiger partial charge in [0.05, 0.1) is 5.92 Å². The molecule has 150 valence electrons. The molecule has 1 amide bonds. The van der Waals surface area contributed by atoms with Crippen molar-refractivity contribution in [2.75, 3.05) is 0 Å². The predicted octanol–water partition coefficient (Wildman–Crippen LogP) is 4.60. The van der Waals surface area contributed by atoms with E-state index in [9.17, 15) is 9.18 Å². The van der Waals surface area contributed by atoms with E-state index in [1.807, 2.05) is 67.7 Å². The zero-order valence-corrected chi connectivity index (χ0v) is 16.6. The first-order valence-corrected chi connectivity index (χ1v) is 9.77. The van der Waals surface area contributed by atoms with Gasteiger partial charge in [-0.1, -0.05) is 78.9 Å². The number of halogens is 1. The molecule has 1 atom stereocenters. The van der Waals surface area contributed by atoms with Gasteiger partial charge in [-0.15, -0.1) is 0 Å². The lowest BCUT2D eigenvalue weighted by molar-refractivity contribution is -0.122. The van der Waals surface area contributed by atoms with E-state index in [2.05, 4.69) is 10.3 Å². The number of amides is 1. The Balaban J connectivity index is 1.75. The van der Waals surface area contributed by atoms with Crippen molar-refractivity contribution in [2.45, 2.75) is 12.0 Å². The molecule has 3 aromatic carbocycles. The van der Waals surface area contributed by atoms with Crippen molar-refractivity contribution < 1.29 is 9.18 Å². The fourth-order valence-corrected chi connectivity index (χ4v) is 3.66. The maximum atomic E-state index is 14.7. The monoisotopic (exact) mass is 399 g/mol. The molecule has 0 bridgehead atoms. The first-order valence-electron chi connectivity index (χ1n) is 9.77. The van der Waals surface area contributed by atoms with Gasteiger partial charge in [-0.2, -0.15) is 0 Å². The number of hydrogen-bond donors (Lipinski definition) is 1. The number of aryl methyl sites for hydroxylation is 1. The second-order valence-corrected chi connectivity index (χ2v) is 7.11. The minimum atomic E-state index is -0.714. The minimum Gasteiger partial charge on any atom is -0.341 e. The van der Waals surface area contributed by atoms with Gasteiger partial charge in [-0.25, -0.2) is 9.37 Å². The number of aromatic nitrogens is 2. The largest absolute Gasteiger partial charge is 0.341 e. The first kappa shape index (κ1) is 19.6. The number of hydrogen-bond acceptors (Lipinski definition) is 2. The third-order valence-corrected chi connectivity index (χ3v) is 5.15. The van der Waals surface area contributed by atoms with E-state index in [-0.39, 0.29) is 11.7 Å². The molecule has 0 aliphatic rings. The smallest absolute Gasteiger partial charge is 0.232 e. The number of carbonyl (C=O) groups is 1. The van der Waals surface area contributed by atoms with Crippen LogP contribution < -0.4 is 5.32 Å². The fraction of sp³-hybridized carbons (Fsp3) is 0.120. The molecule has 0 spiro atoms. The molecule has 4 rings (SSSR count). The van der Waals surface area contributed by atoms with E-state index in [1.54, 1.807) is 35.2 Å². The van der Waals surface area contributed by atoms with Crippen LogP contribution in [0.2, 0.25) is 0 Å². The summed E-state index contributed by atoms with van der Waals surface area (Å²) in [4.78, 5) is 17.9. The highest BCUT2D eigenvalue weighted by atomic mass is 19.1. The molecule has 0 fully saturated rings. The molecule has 0 saturated heterocycles. The van der Waals surface area contributed by atoms with Gasteiger partial charge >= 0.3 is 0 Å². The van der Waals surface area contributed by atoms with E-state index in [4.69, 9.17) is 0 Å². The molecule has 30 heavy (non-hydrogen) atoms. The summed E-state index contributed by atoms with van der Waals surface area (Å²) < 4.78 is 16.5. The van der Waals surface area contributed by atoms with Crippen LogP contribution in [-0.2, 0) is 11.8 Å². The van der Waals surface area contributed by atoms with Gasteiger partial charge in [0.1, 0.15) is 17.7 Å². The van der Waals surface area contributed by atoms with Crippen molar-refractivity contribution in [1.82, 2.24) is 14.9 Å². The fourth-order valence-electron chi connectivity index (χ4n) is 3.66. The highest BCUT2D eigenvalue weighted by molar-refractivity contribution is 5.87. The Kier molecular flexibility index (Phi) is 5.70. The number of nitrogens with zero attached hydrogens (tertiary/aromatic N) is 2. The maximum Gasteiger partial charge on any atom is 0.232 e. The predicted molar refractivity (Wildman–Crippen MR) is 114 cm³/mol. The normalized spacial score (nSPS) is 12.0. The number of imidazole rings is 1. The second-order valence-electron chi connectivity index (χ2n) is 7.11. The first-order chi connectivity index (χ1) is 14.6. The van der Waals surface area contributed by atoms with E-state index in [0.717, 1.165) is 11.1 Å². The summed E-state index contributed by atoms with van der Waals surface area (Å²) in [6, 6.07) is 24.9. The number of rotatable bonds is 6. The summed E-state index contributed by atoms with van der Waals surface area (Å²) >= 11 is 0. The average molecular weight is 399 g/mol. The molecule has 1 heterocycles. The minimum absolute atomic E-state index is 0.219. The lowest BCUT2D eigenvalue weighted by Gasteiger charge is -2.24. The Morgan fingerprint density at radius 2 is 1.47 bits per heavy atom. The Bertz CT molecular complexity index is 1090. The Hall–Kier alpha value is -3.73. The van der Waals surface area contributed by atoms with Crippen molar-refractivity contribution >= 4 is 5.91 Å². The molecule has 4 aromatic rings. The van der Waals surface area contributed by atoms with Gasteiger partial charge in [0, 0.05) is 25.0 Å². The summed E-state index contributed by atoms with van der Waals surface area (Å²) in [7, 11) is 1.83. The summed E-state index contributed by atoms with van der Waals surface area (Å²) in [5.74, 6) is -0.569. The van der Waals surface area contributed by atoms with Crippen molar-refractivity contribution in [1.29, 1.82) is 0 Å². The molecule has 1 aromatic heterocycles. The van der Waals surface area contributed by atoms with Crippen LogP contribution >= 0.6 is 0 Å². The summed E-state index contributed by atoms with van der Waals surface area (Å²) in [6.07, 6.45) is 3.42. The third-order valence-electron chi connectivity index (χ3n) is 5.15. The van der Waals surface area contributed by atoms with Gasteiger partial charge in [0.25, 0.3) is 0 Å². The second kappa shape index (κ2) is 8.74. The van der Waals surface area contributed by atoms with Crippen LogP contribution in [0.25, 0.3) is 0 Å². The van der Waals surface area contributed by atoms with Crippen molar-refractivity contribution in [3.63, 3.8) is 0 Å². The van der Waals surface area contributed by atoms with Gasteiger partial charge in [0.2, 0.25) is 5.91 Å². The molecular weight excluding hydrogens is 377 g/mol. The molecular formula is C25H22FN3O. The van der Waals surface area contributed by atoms with Gasteiger partial charge in [-0.3, -0.25) is 4.79 Å². The van der Waals surface area contributed by atoms with E-state index >= 15 is 0 Å². The van der Waals surface area contributed by atoms with Gasteiger partial charge < -0.3 is 9.88 Å². The van der Waals surface area contributed by atoms with Crippen LogP contribution in [0.5, 0.6) is 0 Å². The zero-order chi connectivity index (χ0) is 20.9. The zero-order valence-electron chi connectivity index (χ0n) is 16.6. The van der Waals surface area contributed by atoms with Crippen LogP contribution in [0.3, 0.4) is 0 Å². The highest BCUT2D eigenvalue weighted by Crippen LogP contribution is 2.28. The number of benzene rings is 3. The van der Waals surface area contributed by atoms with Gasteiger partial charge in [-0.05, 0) is 17.2 Å². The molecule has 0 aliphatic heterocycles. The quantitative estimate of drug-likeness (QED) is 0.515. The van der Waals surface area contributed by atoms with E-state index < -0.39 is 12.0 Å². The Morgan fingerprint density at radius 1 is 0.900 bits per heavy atom. The number of nitrogens with one attached hydrogen (secondary N) is 1. The SMILES string of the molecule is Cn1ccnc1C(NC(=O)C(c1ccccc1)c1ccccc1)c1ccccc1F. The van der Waals surface area contributed by atoms with Crippen LogP contribution in [0.1, 0.15) is 34.5 Å². The molecule has 4 nitrogen and oxygen atoms in total. The summed E-state index contributed by atoms with van der Waals surface area (Å²) in [6.45, 7) is 0. The van der Waals surface area contributed by atoms with Crippen LogP contribution in [0, 0.1) is 5.82 Å². The Morgan fingerprint density at radius 3 is 2.00 bits per heavy atom. The maximum absolute atomic E-state index is 14.7. The van der Waals surface area contributed by atoms with Crippen LogP contribution in [0.4, 0.5) is 4.39 Å². The molecule has 0 saturated carbocycles.